The second-order valence-electron chi connectivity index (χ2n) is 4.03. The van der Waals surface area contributed by atoms with Crippen molar-refractivity contribution in [1.29, 1.82) is 0 Å². The van der Waals surface area contributed by atoms with Crippen LogP contribution in [0, 0.1) is 5.82 Å². The first kappa shape index (κ1) is 17.0. The molecule has 1 rings (SSSR count). The van der Waals surface area contributed by atoms with Gasteiger partial charge in [0.2, 0.25) is 10.0 Å². The molecular weight excluding hydrogens is 355 g/mol. The molecule has 0 bridgehead atoms. The van der Waals surface area contributed by atoms with E-state index in [-0.39, 0.29) is 16.6 Å². The molecule has 9 heteroatoms. The summed E-state index contributed by atoms with van der Waals surface area (Å²) in [6.07, 6.45) is 0. The Hall–Kier alpha value is -1.03. The molecule has 0 atom stereocenters. The third-order valence-corrected chi connectivity index (χ3v) is 4.57. The molecule has 0 saturated carbocycles. The quantitative estimate of drug-likeness (QED) is 0.837. The molecule has 2 N–H and O–H groups in total. The van der Waals surface area contributed by atoms with Gasteiger partial charge in [-0.3, -0.25) is 4.79 Å². The summed E-state index contributed by atoms with van der Waals surface area (Å²) in [5.41, 5.74) is -0.118. The van der Waals surface area contributed by atoms with Crippen molar-refractivity contribution in [3.05, 3.63) is 28.0 Å². The summed E-state index contributed by atoms with van der Waals surface area (Å²) in [4.78, 5) is 13.0. The Morgan fingerprint density at radius 3 is 2.60 bits per heavy atom. The number of ether oxygens (including phenoxy) is 1. The fourth-order valence-electron chi connectivity index (χ4n) is 1.46. The standard InChI is InChI=1S/C11H14BrFN2O4S/c1-15(3-4-19-2)11(16)8-5-7(13)6-9(10(8)12)20(14,17)18/h5-6H,3-4H2,1-2H3,(H2,14,17,18). The number of sulfonamides is 1. The number of primary sulfonamides is 1. The van der Waals surface area contributed by atoms with Gasteiger partial charge in [0.05, 0.1) is 21.5 Å². The minimum absolute atomic E-state index is 0.0596. The summed E-state index contributed by atoms with van der Waals surface area (Å²) in [7, 11) is -1.16. The smallest absolute Gasteiger partial charge is 0.254 e. The first-order chi connectivity index (χ1) is 9.18. The van der Waals surface area contributed by atoms with E-state index in [1.807, 2.05) is 0 Å². The lowest BCUT2D eigenvalue weighted by atomic mass is 10.2. The van der Waals surface area contributed by atoms with Gasteiger partial charge in [0, 0.05) is 20.7 Å². The summed E-state index contributed by atoms with van der Waals surface area (Å²) >= 11 is 2.98. The lowest BCUT2D eigenvalue weighted by Gasteiger charge is -2.18. The number of carbonyl (C=O) groups is 1. The van der Waals surface area contributed by atoms with Crippen LogP contribution in [0.5, 0.6) is 0 Å². The maximum atomic E-state index is 13.5. The van der Waals surface area contributed by atoms with E-state index < -0.39 is 26.6 Å². The van der Waals surface area contributed by atoms with Crippen LogP contribution in [0.1, 0.15) is 10.4 Å². The van der Waals surface area contributed by atoms with Crippen molar-refractivity contribution in [3.8, 4) is 0 Å². The van der Waals surface area contributed by atoms with Crippen LogP contribution in [0.2, 0.25) is 0 Å². The molecule has 1 aromatic carbocycles. The van der Waals surface area contributed by atoms with Crippen molar-refractivity contribution in [3.63, 3.8) is 0 Å². The topological polar surface area (TPSA) is 89.7 Å². The maximum Gasteiger partial charge on any atom is 0.254 e. The van der Waals surface area contributed by atoms with E-state index in [2.05, 4.69) is 15.9 Å². The predicted octanol–water partition coefficient (Wildman–Crippen LogP) is 0.954. The highest BCUT2D eigenvalue weighted by atomic mass is 79.9. The van der Waals surface area contributed by atoms with Crippen LogP contribution in [0.15, 0.2) is 21.5 Å². The number of methoxy groups -OCH3 is 1. The van der Waals surface area contributed by atoms with Crippen molar-refractivity contribution in [2.24, 2.45) is 5.14 Å². The second-order valence-corrected chi connectivity index (χ2v) is 6.35. The van der Waals surface area contributed by atoms with Gasteiger partial charge in [0.25, 0.3) is 5.91 Å². The first-order valence-electron chi connectivity index (χ1n) is 5.44. The maximum absolute atomic E-state index is 13.5. The van der Waals surface area contributed by atoms with E-state index in [0.717, 1.165) is 12.1 Å². The van der Waals surface area contributed by atoms with Crippen LogP contribution in [0.25, 0.3) is 0 Å². The second kappa shape index (κ2) is 6.61. The van der Waals surface area contributed by atoms with E-state index in [1.54, 1.807) is 0 Å². The van der Waals surface area contributed by atoms with Crippen molar-refractivity contribution in [1.82, 2.24) is 4.90 Å². The molecule has 1 aromatic rings. The zero-order valence-electron chi connectivity index (χ0n) is 10.9. The van der Waals surface area contributed by atoms with Crippen LogP contribution >= 0.6 is 15.9 Å². The molecule has 0 aliphatic rings. The van der Waals surface area contributed by atoms with Gasteiger partial charge >= 0.3 is 0 Å². The van der Waals surface area contributed by atoms with Crippen LogP contribution in [-0.2, 0) is 14.8 Å². The summed E-state index contributed by atoms with van der Waals surface area (Å²) in [6.45, 7) is 0.584. The van der Waals surface area contributed by atoms with Crippen molar-refractivity contribution in [2.45, 2.75) is 4.90 Å². The molecule has 112 valence electrons. The molecule has 6 nitrogen and oxygen atoms in total. The summed E-state index contributed by atoms with van der Waals surface area (Å²) < 4.78 is 41.0. The summed E-state index contributed by atoms with van der Waals surface area (Å²) in [5.74, 6) is -1.40. The van der Waals surface area contributed by atoms with E-state index >= 15 is 0 Å². The Balaban J connectivity index is 3.26. The zero-order valence-corrected chi connectivity index (χ0v) is 13.3. The lowest BCUT2D eigenvalue weighted by Crippen LogP contribution is -2.30. The molecule has 0 unspecified atom stereocenters. The van der Waals surface area contributed by atoms with Gasteiger partial charge in [0.1, 0.15) is 5.82 Å². The van der Waals surface area contributed by atoms with Crippen LogP contribution in [-0.4, -0.2) is 46.5 Å². The Labute approximate surface area is 124 Å². The number of carbonyl (C=O) groups excluding carboxylic acids is 1. The number of halogens is 2. The number of nitrogens with two attached hydrogens (primary N) is 1. The van der Waals surface area contributed by atoms with Crippen molar-refractivity contribution < 1.29 is 22.3 Å². The molecule has 1 amide bonds. The lowest BCUT2D eigenvalue weighted by molar-refractivity contribution is 0.0742. The van der Waals surface area contributed by atoms with Crippen molar-refractivity contribution >= 4 is 31.9 Å². The zero-order chi connectivity index (χ0) is 15.5. The molecule has 0 spiro atoms. The van der Waals surface area contributed by atoms with Crippen LogP contribution in [0.4, 0.5) is 4.39 Å². The molecule has 0 fully saturated rings. The Bertz CT molecular complexity index is 621. The molecule has 0 heterocycles. The number of nitrogens with zero attached hydrogens (tertiary/aromatic N) is 1. The summed E-state index contributed by atoms with van der Waals surface area (Å²) in [6, 6.07) is 1.70. The van der Waals surface area contributed by atoms with Gasteiger partial charge in [-0.1, -0.05) is 0 Å². The average Bonchev–Trinajstić information content (AvgIpc) is 2.36. The van der Waals surface area contributed by atoms with Gasteiger partial charge in [0.15, 0.2) is 0 Å². The SMILES string of the molecule is COCCN(C)C(=O)c1cc(F)cc(S(N)(=O)=O)c1Br. The number of likely N-dealkylation sites (N-methyl/N-ethyl adjacent to an activating group) is 1. The number of hydrogen-bond donors (Lipinski definition) is 1. The Morgan fingerprint density at radius 2 is 2.10 bits per heavy atom. The first-order valence-corrected chi connectivity index (χ1v) is 7.78. The minimum Gasteiger partial charge on any atom is -0.383 e. The van der Waals surface area contributed by atoms with Gasteiger partial charge in [-0.15, -0.1) is 0 Å². The van der Waals surface area contributed by atoms with Gasteiger partial charge in [-0.05, 0) is 28.1 Å². The van der Waals surface area contributed by atoms with Crippen LogP contribution < -0.4 is 5.14 Å². The minimum atomic E-state index is -4.14. The van der Waals surface area contributed by atoms with Gasteiger partial charge in [-0.2, -0.15) is 0 Å². The summed E-state index contributed by atoms with van der Waals surface area (Å²) in [5, 5.41) is 4.98. The molecular formula is C11H14BrFN2O4S. The van der Waals surface area contributed by atoms with Crippen molar-refractivity contribution in [2.75, 3.05) is 27.3 Å². The highest BCUT2D eigenvalue weighted by molar-refractivity contribution is 9.10. The monoisotopic (exact) mass is 368 g/mol. The number of amides is 1. The molecule has 0 saturated heterocycles. The third kappa shape index (κ3) is 3.98. The number of rotatable bonds is 5. The number of benzene rings is 1. The largest absolute Gasteiger partial charge is 0.383 e. The van der Waals surface area contributed by atoms with E-state index in [9.17, 15) is 17.6 Å². The van der Waals surface area contributed by atoms with E-state index in [1.165, 1.54) is 19.1 Å². The molecule has 0 aromatic heterocycles. The molecule has 0 aliphatic heterocycles. The molecule has 0 aliphatic carbocycles. The van der Waals surface area contributed by atoms with E-state index in [0.29, 0.717) is 6.61 Å². The highest BCUT2D eigenvalue weighted by Crippen LogP contribution is 2.27. The predicted molar refractivity (Wildman–Crippen MR) is 74.3 cm³/mol. The average molecular weight is 369 g/mol. The van der Waals surface area contributed by atoms with Gasteiger partial charge < -0.3 is 9.64 Å². The normalized spacial score (nSPS) is 11.4. The van der Waals surface area contributed by atoms with Gasteiger partial charge in [-0.25, -0.2) is 17.9 Å². The molecule has 0 radical (unpaired) electrons. The third-order valence-electron chi connectivity index (χ3n) is 2.52. The molecule has 20 heavy (non-hydrogen) atoms. The Morgan fingerprint density at radius 1 is 1.50 bits per heavy atom. The van der Waals surface area contributed by atoms with Crippen LogP contribution in [0.3, 0.4) is 0 Å². The fraction of sp³-hybridized carbons (Fsp3) is 0.364. The Kier molecular flexibility index (Phi) is 5.63. The fourth-order valence-corrected chi connectivity index (χ4v) is 3.17. The van der Waals surface area contributed by atoms with E-state index in [4.69, 9.17) is 9.88 Å². The number of hydrogen-bond acceptors (Lipinski definition) is 4. The highest BCUT2D eigenvalue weighted by Gasteiger charge is 2.23.